The fraction of sp³-hybridized carbons (Fsp3) is 0.467. The summed E-state index contributed by atoms with van der Waals surface area (Å²) >= 11 is 0. The van der Waals surface area contributed by atoms with Crippen molar-refractivity contribution in [3.8, 4) is 0 Å². The van der Waals surface area contributed by atoms with Gasteiger partial charge in [-0.1, -0.05) is 29.8 Å². The molecule has 1 unspecified atom stereocenters. The Kier molecular flexibility index (Phi) is 7.39. The van der Waals surface area contributed by atoms with E-state index in [2.05, 4.69) is 10.6 Å². The molecule has 5 nitrogen and oxygen atoms in total. The largest absolute Gasteiger partial charge is 0.350 e. The quantitative estimate of drug-likeness (QED) is 0.786. The molecule has 1 aromatic carbocycles. The van der Waals surface area contributed by atoms with E-state index in [9.17, 15) is 9.59 Å². The third-order valence-electron chi connectivity index (χ3n) is 2.66. The Balaban J connectivity index is 0.00000400. The second-order valence-electron chi connectivity index (χ2n) is 5.90. The van der Waals surface area contributed by atoms with Crippen molar-refractivity contribution >= 4 is 24.2 Å². The topological polar surface area (TPSA) is 84.2 Å². The second-order valence-corrected chi connectivity index (χ2v) is 5.90. The minimum Gasteiger partial charge on any atom is -0.350 e. The Morgan fingerprint density at radius 1 is 1.19 bits per heavy atom. The minimum atomic E-state index is -0.766. The van der Waals surface area contributed by atoms with Crippen molar-refractivity contribution < 1.29 is 9.59 Å². The van der Waals surface area contributed by atoms with Gasteiger partial charge in [0.05, 0.1) is 6.54 Å². The number of benzene rings is 1. The van der Waals surface area contributed by atoms with Crippen molar-refractivity contribution in [2.75, 3.05) is 6.54 Å². The van der Waals surface area contributed by atoms with Crippen LogP contribution in [0.1, 0.15) is 37.9 Å². The molecule has 0 aromatic heterocycles. The van der Waals surface area contributed by atoms with Gasteiger partial charge in [0.2, 0.25) is 11.8 Å². The van der Waals surface area contributed by atoms with Gasteiger partial charge in [-0.25, -0.2) is 0 Å². The van der Waals surface area contributed by atoms with Crippen LogP contribution in [0.25, 0.3) is 0 Å². The lowest BCUT2D eigenvalue weighted by Crippen LogP contribution is -2.47. The van der Waals surface area contributed by atoms with E-state index in [0.29, 0.717) is 0 Å². The Hall–Kier alpha value is -1.59. The third kappa shape index (κ3) is 7.11. The van der Waals surface area contributed by atoms with Crippen molar-refractivity contribution in [1.29, 1.82) is 0 Å². The number of nitrogens with one attached hydrogen (secondary N) is 2. The Labute approximate surface area is 132 Å². The van der Waals surface area contributed by atoms with Gasteiger partial charge in [0.15, 0.2) is 0 Å². The van der Waals surface area contributed by atoms with Crippen molar-refractivity contribution in [1.82, 2.24) is 10.6 Å². The van der Waals surface area contributed by atoms with E-state index in [1.807, 2.05) is 52.0 Å². The van der Waals surface area contributed by atoms with E-state index in [0.717, 1.165) is 11.1 Å². The SMILES string of the molecule is Cc1ccc(C(N)C(=O)NCC(=O)NC(C)(C)C)cc1.Cl. The number of carbonyl (C=O) groups excluding carboxylic acids is 2. The molecular formula is C15H24ClN3O2. The van der Waals surface area contributed by atoms with E-state index in [-0.39, 0.29) is 36.3 Å². The van der Waals surface area contributed by atoms with Crippen LogP contribution in [0.3, 0.4) is 0 Å². The number of nitrogens with two attached hydrogens (primary N) is 1. The molecule has 2 amide bonds. The Morgan fingerprint density at radius 3 is 2.19 bits per heavy atom. The van der Waals surface area contributed by atoms with Crippen molar-refractivity contribution in [3.05, 3.63) is 35.4 Å². The first-order valence-electron chi connectivity index (χ1n) is 6.60. The molecule has 1 rings (SSSR count). The zero-order valence-corrected chi connectivity index (χ0v) is 13.7. The summed E-state index contributed by atoms with van der Waals surface area (Å²) in [7, 11) is 0. The van der Waals surface area contributed by atoms with Gasteiger partial charge in [-0.15, -0.1) is 12.4 Å². The predicted molar refractivity (Wildman–Crippen MR) is 86.3 cm³/mol. The molecule has 0 aliphatic carbocycles. The zero-order valence-electron chi connectivity index (χ0n) is 12.9. The lowest BCUT2D eigenvalue weighted by Gasteiger charge is -2.21. The van der Waals surface area contributed by atoms with Gasteiger partial charge in [0.1, 0.15) is 6.04 Å². The first-order valence-corrected chi connectivity index (χ1v) is 6.60. The molecule has 1 atom stereocenters. The van der Waals surface area contributed by atoms with Crippen molar-refractivity contribution in [2.45, 2.75) is 39.3 Å². The normalized spacial score (nSPS) is 12.0. The summed E-state index contributed by atoms with van der Waals surface area (Å²) < 4.78 is 0. The molecule has 0 aliphatic heterocycles. The molecule has 0 radical (unpaired) electrons. The molecule has 4 N–H and O–H groups in total. The van der Waals surface area contributed by atoms with E-state index in [4.69, 9.17) is 5.73 Å². The van der Waals surface area contributed by atoms with Gasteiger partial charge in [0.25, 0.3) is 0 Å². The summed E-state index contributed by atoms with van der Waals surface area (Å²) in [5, 5.41) is 5.31. The smallest absolute Gasteiger partial charge is 0.241 e. The van der Waals surface area contributed by atoms with Gasteiger partial charge in [0, 0.05) is 5.54 Å². The highest BCUT2D eigenvalue weighted by Crippen LogP contribution is 2.11. The highest BCUT2D eigenvalue weighted by atomic mass is 35.5. The summed E-state index contributed by atoms with van der Waals surface area (Å²) in [6.07, 6.45) is 0. The maximum Gasteiger partial charge on any atom is 0.241 e. The highest BCUT2D eigenvalue weighted by molar-refractivity contribution is 5.88. The lowest BCUT2D eigenvalue weighted by atomic mass is 10.1. The molecule has 0 bridgehead atoms. The van der Waals surface area contributed by atoms with Crippen molar-refractivity contribution in [3.63, 3.8) is 0 Å². The summed E-state index contributed by atoms with van der Waals surface area (Å²) in [4.78, 5) is 23.5. The van der Waals surface area contributed by atoms with Crippen LogP contribution in [0.15, 0.2) is 24.3 Å². The summed E-state index contributed by atoms with van der Waals surface area (Å²) in [5.41, 5.74) is 7.37. The fourth-order valence-corrected chi connectivity index (χ4v) is 1.66. The van der Waals surface area contributed by atoms with Crippen LogP contribution >= 0.6 is 12.4 Å². The first-order chi connectivity index (χ1) is 9.19. The number of hydrogen-bond donors (Lipinski definition) is 3. The zero-order chi connectivity index (χ0) is 15.3. The minimum absolute atomic E-state index is 0. The molecule has 0 spiro atoms. The molecule has 21 heavy (non-hydrogen) atoms. The third-order valence-corrected chi connectivity index (χ3v) is 2.66. The molecule has 0 aliphatic rings. The number of rotatable bonds is 4. The number of amides is 2. The maximum absolute atomic E-state index is 11.9. The highest BCUT2D eigenvalue weighted by Gasteiger charge is 2.18. The number of halogens is 1. The average molecular weight is 314 g/mol. The number of carbonyl (C=O) groups is 2. The van der Waals surface area contributed by atoms with Crippen LogP contribution in [0.4, 0.5) is 0 Å². The van der Waals surface area contributed by atoms with Crippen LogP contribution < -0.4 is 16.4 Å². The molecular weight excluding hydrogens is 290 g/mol. The van der Waals surface area contributed by atoms with Gasteiger partial charge >= 0.3 is 0 Å². The van der Waals surface area contributed by atoms with Crippen LogP contribution in [-0.4, -0.2) is 23.9 Å². The van der Waals surface area contributed by atoms with E-state index >= 15 is 0 Å². The fourth-order valence-electron chi connectivity index (χ4n) is 1.66. The first kappa shape index (κ1) is 19.4. The molecule has 0 fully saturated rings. The second kappa shape index (κ2) is 8.00. The molecule has 1 aromatic rings. The van der Waals surface area contributed by atoms with Gasteiger partial charge < -0.3 is 16.4 Å². The van der Waals surface area contributed by atoms with Crippen LogP contribution in [0.2, 0.25) is 0 Å². The summed E-state index contributed by atoms with van der Waals surface area (Å²) in [5.74, 6) is -0.597. The van der Waals surface area contributed by atoms with Gasteiger partial charge in [-0.3, -0.25) is 9.59 Å². The van der Waals surface area contributed by atoms with E-state index in [1.165, 1.54) is 0 Å². The lowest BCUT2D eigenvalue weighted by molar-refractivity contribution is -0.127. The monoisotopic (exact) mass is 313 g/mol. The molecule has 0 saturated carbocycles. The Bertz CT molecular complexity index is 481. The molecule has 118 valence electrons. The average Bonchev–Trinajstić information content (AvgIpc) is 2.34. The Morgan fingerprint density at radius 2 is 1.71 bits per heavy atom. The standard InChI is InChI=1S/C15H23N3O2.ClH/c1-10-5-7-11(8-6-10)13(16)14(20)17-9-12(19)18-15(2,3)4;/h5-8,13H,9,16H2,1-4H3,(H,17,20)(H,18,19);1H. The molecule has 6 heteroatoms. The molecule has 0 saturated heterocycles. The maximum atomic E-state index is 11.9. The van der Waals surface area contributed by atoms with Gasteiger partial charge in [-0.05, 0) is 33.3 Å². The van der Waals surface area contributed by atoms with Gasteiger partial charge in [-0.2, -0.15) is 0 Å². The van der Waals surface area contributed by atoms with Crippen LogP contribution in [-0.2, 0) is 9.59 Å². The van der Waals surface area contributed by atoms with Crippen molar-refractivity contribution in [2.24, 2.45) is 5.73 Å². The number of hydrogen-bond acceptors (Lipinski definition) is 3. The van der Waals surface area contributed by atoms with E-state index < -0.39 is 6.04 Å². The summed E-state index contributed by atoms with van der Waals surface area (Å²) in [6.45, 7) is 7.53. The number of aryl methyl sites for hydroxylation is 1. The van der Waals surface area contributed by atoms with Crippen LogP contribution in [0.5, 0.6) is 0 Å². The predicted octanol–water partition coefficient (Wildman–Crippen LogP) is 1.45. The van der Waals surface area contributed by atoms with E-state index in [1.54, 1.807) is 0 Å². The summed E-state index contributed by atoms with van der Waals surface area (Å²) in [6, 6.07) is 6.66. The molecule has 0 heterocycles. The van der Waals surface area contributed by atoms with Crippen LogP contribution in [0, 0.1) is 6.92 Å².